The zero-order valence-corrected chi connectivity index (χ0v) is 9.19. The summed E-state index contributed by atoms with van der Waals surface area (Å²) in [5, 5.41) is 8.07. The SMILES string of the molecule is C=C/C=C\C(=C/C=C)C(=N)c1ccccc1. The minimum absolute atomic E-state index is 0.485. The fourth-order valence-electron chi connectivity index (χ4n) is 1.29. The lowest BCUT2D eigenvalue weighted by molar-refractivity contribution is 1.46. The minimum atomic E-state index is 0.485. The van der Waals surface area contributed by atoms with Crippen LogP contribution in [0.3, 0.4) is 0 Å². The fourth-order valence-corrected chi connectivity index (χ4v) is 1.29. The van der Waals surface area contributed by atoms with Crippen molar-refractivity contribution in [1.29, 1.82) is 5.41 Å². The minimum Gasteiger partial charge on any atom is -0.300 e. The maximum absolute atomic E-state index is 8.07. The first-order chi connectivity index (χ1) is 7.79. The van der Waals surface area contributed by atoms with Crippen LogP contribution < -0.4 is 0 Å². The highest BCUT2D eigenvalue weighted by atomic mass is 14.4. The first kappa shape index (κ1) is 11.9. The monoisotopic (exact) mass is 209 g/mol. The number of nitrogens with one attached hydrogen (secondary N) is 1. The van der Waals surface area contributed by atoms with Crippen molar-refractivity contribution in [1.82, 2.24) is 0 Å². The van der Waals surface area contributed by atoms with E-state index in [-0.39, 0.29) is 0 Å². The van der Waals surface area contributed by atoms with E-state index in [1.165, 1.54) is 0 Å². The van der Waals surface area contributed by atoms with Crippen LogP contribution in [0.4, 0.5) is 0 Å². The summed E-state index contributed by atoms with van der Waals surface area (Å²) in [6, 6.07) is 9.62. The Labute approximate surface area is 96.6 Å². The second kappa shape index (κ2) is 6.36. The maximum Gasteiger partial charge on any atom is 0.0684 e. The highest BCUT2D eigenvalue weighted by Crippen LogP contribution is 2.09. The molecule has 0 aliphatic rings. The van der Waals surface area contributed by atoms with E-state index in [1.807, 2.05) is 48.6 Å². The molecule has 1 rings (SSSR count). The van der Waals surface area contributed by atoms with Gasteiger partial charge in [-0.2, -0.15) is 0 Å². The summed E-state index contributed by atoms with van der Waals surface area (Å²) in [6.07, 6.45) is 8.85. The summed E-state index contributed by atoms with van der Waals surface area (Å²) in [4.78, 5) is 0. The van der Waals surface area contributed by atoms with Gasteiger partial charge in [0, 0.05) is 0 Å². The summed E-state index contributed by atoms with van der Waals surface area (Å²) in [6.45, 7) is 7.27. The third-order valence-electron chi connectivity index (χ3n) is 2.06. The van der Waals surface area contributed by atoms with E-state index < -0.39 is 0 Å². The van der Waals surface area contributed by atoms with E-state index in [0.717, 1.165) is 11.1 Å². The molecule has 0 amide bonds. The fraction of sp³-hybridized carbons (Fsp3) is 0. The highest BCUT2D eigenvalue weighted by Gasteiger charge is 2.03. The van der Waals surface area contributed by atoms with E-state index in [9.17, 15) is 0 Å². The molecule has 1 heteroatoms. The smallest absolute Gasteiger partial charge is 0.0684 e. The molecule has 1 N–H and O–H groups in total. The van der Waals surface area contributed by atoms with Gasteiger partial charge in [-0.1, -0.05) is 73.9 Å². The normalized spacial score (nSPS) is 11.4. The Hall–Kier alpha value is -2.15. The Morgan fingerprint density at radius 2 is 1.75 bits per heavy atom. The number of hydrogen-bond donors (Lipinski definition) is 1. The van der Waals surface area contributed by atoms with E-state index in [4.69, 9.17) is 5.41 Å². The molecule has 16 heavy (non-hydrogen) atoms. The molecule has 0 atom stereocenters. The van der Waals surface area contributed by atoms with Crippen molar-refractivity contribution in [2.24, 2.45) is 0 Å². The van der Waals surface area contributed by atoms with Crippen LogP contribution in [0.2, 0.25) is 0 Å². The summed E-state index contributed by atoms with van der Waals surface area (Å²) in [5.41, 5.74) is 2.20. The Kier molecular flexibility index (Phi) is 4.74. The van der Waals surface area contributed by atoms with Gasteiger partial charge in [-0.05, 0) is 11.1 Å². The average Bonchev–Trinajstić information content (AvgIpc) is 2.35. The van der Waals surface area contributed by atoms with Crippen molar-refractivity contribution in [2.75, 3.05) is 0 Å². The van der Waals surface area contributed by atoms with Crippen LogP contribution >= 0.6 is 0 Å². The Morgan fingerprint density at radius 3 is 2.31 bits per heavy atom. The van der Waals surface area contributed by atoms with Crippen molar-refractivity contribution in [3.8, 4) is 0 Å². The Bertz CT molecular complexity index is 436. The van der Waals surface area contributed by atoms with Crippen LogP contribution in [0, 0.1) is 5.41 Å². The number of benzene rings is 1. The zero-order chi connectivity index (χ0) is 11.8. The molecule has 0 spiro atoms. The van der Waals surface area contributed by atoms with Gasteiger partial charge in [0.1, 0.15) is 0 Å². The maximum atomic E-state index is 8.07. The van der Waals surface area contributed by atoms with Crippen LogP contribution in [-0.4, -0.2) is 5.71 Å². The predicted octanol–water partition coefficient (Wildman–Crippen LogP) is 3.91. The van der Waals surface area contributed by atoms with Crippen LogP contribution in [0.5, 0.6) is 0 Å². The van der Waals surface area contributed by atoms with Gasteiger partial charge >= 0.3 is 0 Å². The van der Waals surface area contributed by atoms with Gasteiger partial charge in [0.05, 0.1) is 5.71 Å². The lowest BCUT2D eigenvalue weighted by Gasteiger charge is -2.04. The second-order valence-electron chi connectivity index (χ2n) is 3.19. The molecule has 0 saturated carbocycles. The number of allylic oxidation sites excluding steroid dienone is 6. The van der Waals surface area contributed by atoms with Crippen molar-refractivity contribution < 1.29 is 0 Å². The topological polar surface area (TPSA) is 23.9 Å². The summed E-state index contributed by atoms with van der Waals surface area (Å²) in [5.74, 6) is 0. The van der Waals surface area contributed by atoms with Crippen molar-refractivity contribution in [3.63, 3.8) is 0 Å². The van der Waals surface area contributed by atoms with Crippen LogP contribution in [0.1, 0.15) is 5.56 Å². The van der Waals surface area contributed by atoms with E-state index in [1.54, 1.807) is 12.2 Å². The standard InChI is InChI=1S/C15H15N/c1-3-5-10-13(9-4-2)15(16)14-11-7-6-8-12-14/h3-12,16H,1-2H2/b10-5-,13-9+,16-15?. The Morgan fingerprint density at radius 1 is 1.06 bits per heavy atom. The predicted molar refractivity (Wildman–Crippen MR) is 70.9 cm³/mol. The van der Waals surface area contributed by atoms with Gasteiger partial charge in [-0.25, -0.2) is 0 Å². The quantitative estimate of drug-likeness (QED) is 0.561. The third-order valence-corrected chi connectivity index (χ3v) is 2.06. The van der Waals surface area contributed by atoms with Gasteiger partial charge in [0.15, 0.2) is 0 Å². The number of hydrogen-bond acceptors (Lipinski definition) is 1. The second-order valence-corrected chi connectivity index (χ2v) is 3.19. The molecule has 1 nitrogen and oxygen atoms in total. The Balaban J connectivity index is 3.01. The third kappa shape index (κ3) is 3.21. The van der Waals surface area contributed by atoms with Gasteiger partial charge in [-0.3, -0.25) is 5.41 Å². The molecule has 1 aromatic rings. The summed E-state index contributed by atoms with van der Waals surface area (Å²) in [7, 11) is 0. The van der Waals surface area contributed by atoms with Crippen LogP contribution in [-0.2, 0) is 0 Å². The van der Waals surface area contributed by atoms with Gasteiger partial charge in [0.25, 0.3) is 0 Å². The molecule has 0 aliphatic heterocycles. The van der Waals surface area contributed by atoms with Crippen LogP contribution in [0.25, 0.3) is 0 Å². The first-order valence-electron chi connectivity index (χ1n) is 5.05. The van der Waals surface area contributed by atoms with Crippen LogP contribution in [0.15, 0.2) is 79.4 Å². The van der Waals surface area contributed by atoms with Gasteiger partial charge in [0.2, 0.25) is 0 Å². The molecular weight excluding hydrogens is 194 g/mol. The molecule has 80 valence electrons. The first-order valence-corrected chi connectivity index (χ1v) is 5.05. The lowest BCUT2D eigenvalue weighted by atomic mass is 10.0. The molecular formula is C15H15N. The van der Waals surface area contributed by atoms with Crippen molar-refractivity contribution >= 4 is 5.71 Å². The molecule has 0 radical (unpaired) electrons. The average molecular weight is 209 g/mol. The molecule has 0 unspecified atom stereocenters. The van der Waals surface area contributed by atoms with Gasteiger partial charge < -0.3 is 0 Å². The summed E-state index contributed by atoms with van der Waals surface area (Å²) < 4.78 is 0. The highest BCUT2D eigenvalue weighted by molar-refractivity contribution is 6.12. The molecule has 0 fully saturated rings. The van der Waals surface area contributed by atoms with E-state index in [2.05, 4.69) is 13.2 Å². The molecule has 0 saturated heterocycles. The molecule has 0 aliphatic carbocycles. The summed E-state index contributed by atoms with van der Waals surface area (Å²) >= 11 is 0. The molecule has 0 aromatic heterocycles. The van der Waals surface area contributed by atoms with E-state index >= 15 is 0 Å². The van der Waals surface area contributed by atoms with Gasteiger partial charge in [-0.15, -0.1) is 0 Å². The van der Waals surface area contributed by atoms with E-state index in [0.29, 0.717) is 5.71 Å². The molecule has 0 bridgehead atoms. The zero-order valence-electron chi connectivity index (χ0n) is 9.19. The van der Waals surface area contributed by atoms with Crippen molar-refractivity contribution in [3.05, 3.63) is 85.0 Å². The molecule has 1 aromatic carbocycles. The lowest BCUT2D eigenvalue weighted by Crippen LogP contribution is -2.00. The molecule has 0 heterocycles. The van der Waals surface area contributed by atoms with Crippen molar-refractivity contribution in [2.45, 2.75) is 0 Å². The number of rotatable bonds is 5. The largest absolute Gasteiger partial charge is 0.300 e.